The maximum atomic E-state index is 13.1. The van der Waals surface area contributed by atoms with Gasteiger partial charge in [-0.1, -0.05) is 29.4 Å². The summed E-state index contributed by atoms with van der Waals surface area (Å²) in [5, 5.41) is 5.51. The first kappa shape index (κ1) is 18.6. The van der Waals surface area contributed by atoms with E-state index >= 15 is 0 Å². The number of benzene rings is 1. The van der Waals surface area contributed by atoms with E-state index in [2.05, 4.69) is 16.9 Å². The average Bonchev–Trinajstić information content (AvgIpc) is 3.07. The normalized spacial score (nSPS) is 10.8. The Balaban J connectivity index is 1.78. The standard InChI is InChI=1S/C17H13ClFN3O2S2/c1-2-6-22-16(24)11-5-7-25-15(11)21-17(22)26-9-14(23)20-13-4-3-10(19)8-12(13)18/h2-5,7-8H,1,6,9H2,(H,20,23). The lowest BCUT2D eigenvalue weighted by Crippen LogP contribution is -2.23. The summed E-state index contributed by atoms with van der Waals surface area (Å²) in [6.45, 7) is 3.95. The molecular formula is C17H13ClFN3O2S2. The molecule has 1 N–H and O–H groups in total. The Morgan fingerprint density at radius 2 is 2.27 bits per heavy atom. The molecule has 5 nitrogen and oxygen atoms in total. The molecule has 0 spiro atoms. The van der Waals surface area contributed by atoms with Crippen LogP contribution < -0.4 is 10.9 Å². The second-order valence-electron chi connectivity index (χ2n) is 5.20. The SMILES string of the molecule is C=CCn1c(SCC(=O)Nc2ccc(F)cc2Cl)nc2sccc2c1=O. The Morgan fingerprint density at radius 1 is 1.46 bits per heavy atom. The Labute approximate surface area is 161 Å². The number of hydrogen-bond acceptors (Lipinski definition) is 5. The van der Waals surface area contributed by atoms with Gasteiger partial charge in [-0.3, -0.25) is 14.2 Å². The van der Waals surface area contributed by atoms with Crippen LogP contribution in [-0.4, -0.2) is 21.2 Å². The first-order valence-corrected chi connectivity index (χ1v) is 9.70. The van der Waals surface area contributed by atoms with Gasteiger partial charge in [0.15, 0.2) is 5.16 Å². The Morgan fingerprint density at radius 3 is 3.00 bits per heavy atom. The van der Waals surface area contributed by atoms with Crippen LogP contribution in [-0.2, 0) is 11.3 Å². The lowest BCUT2D eigenvalue weighted by molar-refractivity contribution is -0.113. The van der Waals surface area contributed by atoms with Crippen molar-refractivity contribution in [3.63, 3.8) is 0 Å². The number of rotatable bonds is 6. The van der Waals surface area contributed by atoms with Crippen molar-refractivity contribution in [1.82, 2.24) is 9.55 Å². The van der Waals surface area contributed by atoms with Crippen molar-refractivity contribution in [2.75, 3.05) is 11.1 Å². The predicted molar refractivity (Wildman–Crippen MR) is 105 cm³/mol. The van der Waals surface area contributed by atoms with Crippen molar-refractivity contribution in [1.29, 1.82) is 0 Å². The molecular weight excluding hydrogens is 397 g/mol. The van der Waals surface area contributed by atoms with Crippen molar-refractivity contribution in [2.45, 2.75) is 11.7 Å². The van der Waals surface area contributed by atoms with Gasteiger partial charge in [0.25, 0.3) is 5.56 Å². The summed E-state index contributed by atoms with van der Waals surface area (Å²) in [5.74, 6) is -0.799. The fourth-order valence-corrected chi connectivity index (χ4v) is 4.07. The molecule has 3 aromatic rings. The quantitative estimate of drug-likeness (QED) is 0.377. The molecule has 1 amide bonds. The highest BCUT2D eigenvalue weighted by atomic mass is 35.5. The minimum absolute atomic E-state index is 0.0220. The lowest BCUT2D eigenvalue weighted by atomic mass is 10.3. The number of allylic oxidation sites excluding steroid dienone is 1. The number of nitrogens with zero attached hydrogens (tertiary/aromatic N) is 2. The molecule has 0 aliphatic heterocycles. The lowest BCUT2D eigenvalue weighted by Gasteiger charge is -2.10. The summed E-state index contributed by atoms with van der Waals surface area (Å²) in [6, 6.07) is 5.46. The van der Waals surface area contributed by atoms with Gasteiger partial charge in [0.05, 0.1) is 21.8 Å². The fourth-order valence-electron chi connectivity index (χ4n) is 2.24. The molecule has 0 aliphatic carbocycles. The van der Waals surface area contributed by atoms with Gasteiger partial charge in [0, 0.05) is 6.54 Å². The maximum absolute atomic E-state index is 13.1. The topological polar surface area (TPSA) is 64.0 Å². The van der Waals surface area contributed by atoms with Crippen LogP contribution >= 0.6 is 34.7 Å². The van der Waals surface area contributed by atoms with Crippen LogP contribution in [0.25, 0.3) is 10.2 Å². The Bertz CT molecular complexity index is 1050. The van der Waals surface area contributed by atoms with Gasteiger partial charge in [-0.25, -0.2) is 9.37 Å². The minimum Gasteiger partial charge on any atom is -0.324 e. The number of carbonyl (C=O) groups is 1. The zero-order chi connectivity index (χ0) is 18.7. The number of nitrogens with one attached hydrogen (secondary N) is 1. The Kier molecular flexibility index (Phi) is 5.75. The van der Waals surface area contributed by atoms with Gasteiger partial charge in [-0.2, -0.15) is 0 Å². The highest BCUT2D eigenvalue weighted by molar-refractivity contribution is 7.99. The molecule has 0 atom stereocenters. The molecule has 0 radical (unpaired) electrons. The first-order valence-electron chi connectivity index (χ1n) is 7.46. The second kappa shape index (κ2) is 8.03. The van der Waals surface area contributed by atoms with Gasteiger partial charge in [-0.15, -0.1) is 17.9 Å². The van der Waals surface area contributed by atoms with E-state index in [0.717, 1.165) is 17.8 Å². The molecule has 0 saturated heterocycles. The van der Waals surface area contributed by atoms with E-state index in [1.165, 1.54) is 28.0 Å². The number of aromatic nitrogens is 2. The van der Waals surface area contributed by atoms with Crippen LogP contribution in [0.1, 0.15) is 0 Å². The van der Waals surface area contributed by atoms with Crippen LogP contribution in [0.4, 0.5) is 10.1 Å². The largest absolute Gasteiger partial charge is 0.324 e. The van der Waals surface area contributed by atoms with Crippen molar-refractivity contribution >= 4 is 56.5 Å². The molecule has 0 saturated carbocycles. The van der Waals surface area contributed by atoms with Gasteiger partial charge in [-0.05, 0) is 29.6 Å². The monoisotopic (exact) mass is 409 g/mol. The highest BCUT2D eigenvalue weighted by Gasteiger charge is 2.14. The van der Waals surface area contributed by atoms with Crippen molar-refractivity contribution < 1.29 is 9.18 Å². The molecule has 3 rings (SSSR count). The third-order valence-corrected chi connectivity index (χ3v) is 5.49. The molecule has 134 valence electrons. The number of carbonyl (C=O) groups excluding carboxylic acids is 1. The molecule has 0 bridgehead atoms. The number of fused-ring (bicyclic) bond motifs is 1. The first-order chi connectivity index (χ1) is 12.5. The molecule has 0 unspecified atom stereocenters. The van der Waals surface area contributed by atoms with Crippen molar-refractivity contribution in [3.8, 4) is 0 Å². The maximum Gasteiger partial charge on any atom is 0.263 e. The predicted octanol–water partition coefficient (Wildman–Crippen LogP) is 4.17. The second-order valence-corrected chi connectivity index (χ2v) is 7.44. The van der Waals surface area contributed by atoms with E-state index in [1.54, 1.807) is 17.5 Å². The zero-order valence-corrected chi connectivity index (χ0v) is 15.8. The van der Waals surface area contributed by atoms with Crippen molar-refractivity contribution in [2.24, 2.45) is 0 Å². The number of thiophene rings is 1. The number of amides is 1. The molecule has 0 fully saturated rings. The van der Waals surface area contributed by atoms with Crippen LogP contribution in [0.15, 0.2) is 52.3 Å². The number of anilines is 1. The summed E-state index contributed by atoms with van der Waals surface area (Å²) >= 11 is 8.40. The molecule has 26 heavy (non-hydrogen) atoms. The third kappa shape index (κ3) is 3.98. The third-order valence-electron chi connectivity index (χ3n) is 3.40. The summed E-state index contributed by atoms with van der Waals surface area (Å²) in [6.07, 6.45) is 1.60. The van der Waals surface area contributed by atoms with Crippen LogP contribution in [0.2, 0.25) is 5.02 Å². The summed E-state index contributed by atoms with van der Waals surface area (Å²) in [7, 11) is 0. The van der Waals surface area contributed by atoms with Crippen LogP contribution in [0.5, 0.6) is 0 Å². The van der Waals surface area contributed by atoms with Crippen molar-refractivity contribution in [3.05, 3.63) is 63.5 Å². The van der Waals surface area contributed by atoms with E-state index in [4.69, 9.17) is 11.6 Å². The number of hydrogen-bond donors (Lipinski definition) is 1. The molecule has 2 aromatic heterocycles. The Hall–Kier alpha value is -2.16. The van der Waals surface area contributed by atoms with Gasteiger partial charge in [0.2, 0.25) is 5.91 Å². The highest BCUT2D eigenvalue weighted by Crippen LogP contribution is 2.24. The summed E-state index contributed by atoms with van der Waals surface area (Å²) < 4.78 is 14.5. The molecule has 2 heterocycles. The van der Waals surface area contributed by atoms with E-state index in [9.17, 15) is 14.0 Å². The van der Waals surface area contributed by atoms with E-state index < -0.39 is 5.82 Å². The van der Waals surface area contributed by atoms with Gasteiger partial charge < -0.3 is 5.32 Å². The van der Waals surface area contributed by atoms with E-state index in [1.807, 2.05) is 0 Å². The summed E-state index contributed by atoms with van der Waals surface area (Å²) in [4.78, 5) is 29.8. The summed E-state index contributed by atoms with van der Waals surface area (Å²) in [5.41, 5.74) is 0.157. The fraction of sp³-hybridized carbons (Fsp3) is 0.118. The molecule has 0 aliphatic rings. The van der Waals surface area contributed by atoms with E-state index in [-0.39, 0.29) is 22.2 Å². The molecule has 1 aromatic carbocycles. The minimum atomic E-state index is -0.482. The average molecular weight is 410 g/mol. The number of halogens is 2. The van der Waals surface area contributed by atoms with Gasteiger partial charge >= 0.3 is 0 Å². The van der Waals surface area contributed by atoms with Gasteiger partial charge in [0.1, 0.15) is 10.6 Å². The smallest absolute Gasteiger partial charge is 0.263 e. The van der Waals surface area contributed by atoms with Crippen LogP contribution in [0.3, 0.4) is 0 Å². The zero-order valence-electron chi connectivity index (χ0n) is 13.4. The van der Waals surface area contributed by atoms with E-state index in [0.29, 0.717) is 27.6 Å². The number of thioether (sulfide) groups is 1. The van der Waals surface area contributed by atoms with Crippen LogP contribution in [0, 0.1) is 5.82 Å². The molecule has 9 heteroatoms.